The second-order valence-corrected chi connectivity index (χ2v) is 4.96. The maximum atomic E-state index is 11.9. The molecule has 1 heterocycles. The highest BCUT2D eigenvalue weighted by Crippen LogP contribution is 2.17. The molecule has 104 valence electrons. The summed E-state index contributed by atoms with van der Waals surface area (Å²) in [6.07, 6.45) is 8.39. The first-order valence-electron chi connectivity index (χ1n) is 6.71. The Bertz CT molecular complexity index is 448. The zero-order valence-corrected chi connectivity index (χ0v) is 10.8. The van der Waals surface area contributed by atoms with Crippen LogP contribution in [-0.2, 0) is 11.3 Å². The largest absolute Gasteiger partial charge is 0.476 e. The number of carbonyl (C=O) groups excluding carboxylic acids is 1. The minimum absolute atomic E-state index is 0.0396. The van der Waals surface area contributed by atoms with Gasteiger partial charge in [0.15, 0.2) is 5.69 Å². The fourth-order valence-electron chi connectivity index (χ4n) is 2.41. The molecule has 1 aliphatic carbocycles. The van der Waals surface area contributed by atoms with Gasteiger partial charge in [0.2, 0.25) is 5.91 Å². The van der Waals surface area contributed by atoms with Gasteiger partial charge < -0.3 is 10.4 Å². The van der Waals surface area contributed by atoms with E-state index < -0.39 is 5.97 Å². The van der Waals surface area contributed by atoms with Gasteiger partial charge in [-0.2, -0.15) is 5.10 Å². The van der Waals surface area contributed by atoms with Crippen LogP contribution in [0.4, 0.5) is 0 Å². The first kappa shape index (κ1) is 13.6. The Morgan fingerprint density at radius 3 is 2.58 bits per heavy atom. The predicted molar refractivity (Wildman–Crippen MR) is 68.8 cm³/mol. The summed E-state index contributed by atoms with van der Waals surface area (Å²) in [6, 6.07) is 1.64. The van der Waals surface area contributed by atoms with Crippen LogP contribution in [-0.4, -0.2) is 32.8 Å². The van der Waals surface area contributed by atoms with E-state index in [4.69, 9.17) is 5.11 Å². The average Bonchev–Trinajstić information content (AvgIpc) is 2.67. The van der Waals surface area contributed by atoms with Crippen molar-refractivity contribution in [3.8, 4) is 0 Å². The summed E-state index contributed by atoms with van der Waals surface area (Å²) in [4.78, 5) is 22.5. The SMILES string of the molecule is O=C(Cn1ccc(C(=O)O)n1)NC1CCCCCC1. The van der Waals surface area contributed by atoms with Gasteiger partial charge in [-0.3, -0.25) is 9.48 Å². The van der Waals surface area contributed by atoms with Gasteiger partial charge in [-0.1, -0.05) is 25.7 Å². The highest BCUT2D eigenvalue weighted by Gasteiger charge is 2.15. The van der Waals surface area contributed by atoms with Gasteiger partial charge in [-0.25, -0.2) is 4.79 Å². The number of hydrogen-bond donors (Lipinski definition) is 2. The second-order valence-electron chi connectivity index (χ2n) is 4.96. The maximum absolute atomic E-state index is 11.9. The minimum Gasteiger partial charge on any atom is -0.476 e. The summed E-state index contributed by atoms with van der Waals surface area (Å²) < 4.78 is 1.36. The highest BCUT2D eigenvalue weighted by molar-refractivity contribution is 5.85. The molecule has 0 bridgehead atoms. The second kappa shape index (κ2) is 6.36. The molecule has 6 nitrogen and oxygen atoms in total. The summed E-state index contributed by atoms with van der Waals surface area (Å²) in [5.41, 5.74) is -0.0396. The summed E-state index contributed by atoms with van der Waals surface area (Å²) in [5, 5.41) is 15.6. The third-order valence-corrected chi connectivity index (χ3v) is 3.39. The molecule has 1 aromatic rings. The van der Waals surface area contributed by atoms with Crippen molar-refractivity contribution in [3.05, 3.63) is 18.0 Å². The predicted octanol–water partition coefficient (Wildman–Crippen LogP) is 1.42. The average molecular weight is 265 g/mol. The van der Waals surface area contributed by atoms with Crippen molar-refractivity contribution in [1.29, 1.82) is 0 Å². The molecule has 6 heteroatoms. The van der Waals surface area contributed by atoms with Crippen molar-refractivity contribution in [2.24, 2.45) is 0 Å². The normalized spacial score (nSPS) is 16.8. The monoisotopic (exact) mass is 265 g/mol. The molecule has 1 fully saturated rings. The molecule has 2 N–H and O–H groups in total. The fraction of sp³-hybridized carbons (Fsp3) is 0.615. The smallest absolute Gasteiger partial charge is 0.356 e. The molecule has 0 radical (unpaired) electrons. The number of nitrogens with one attached hydrogen (secondary N) is 1. The highest BCUT2D eigenvalue weighted by atomic mass is 16.4. The van der Waals surface area contributed by atoms with Crippen LogP contribution < -0.4 is 5.32 Å². The molecule has 0 atom stereocenters. The fourth-order valence-corrected chi connectivity index (χ4v) is 2.41. The molecule has 0 aromatic carbocycles. The Kier molecular flexibility index (Phi) is 4.54. The van der Waals surface area contributed by atoms with E-state index in [-0.39, 0.29) is 24.2 Å². The maximum Gasteiger partial charge on any atom is 0.356 e. The zero-order valence-electron chi connectivity index (χ0n) is 10.8. The third kappa shape index (κ3) is 4.08. The van der Waals surface area contributed by atoms with Crippen LogP contribution >= 0.6 is 0 Å². The van der Waals surface area contributed by atoms with Crippen molar-refractivity contribution in [3.63, 3.8) is 0 Å². The van der Waals surface area contributed by atoms with E-state index >= 15 is 0 Å². The number of carboxylic acids is 1. The quantitative estimate of drug-likeness (QED) is 0.806. The molecule has 0 unspecified atom stereocenters. The lowest BCUT2D eigenvalue weighted by molar-refractivity contribution is -0.122. The topological polar surface area (TPSA) is 84.2 Å². The van der Waals surface area contributed by atoms with Crippen LogP contribution in [0.15, 0.2) is 12.3 Å². The molecule has 0 saturated heterocycles. The lowest BCUT2D eigenvalue weighted by Crippen LogP contribution is -2.36. The van der Waals surface area contributed by atoms with E-state index in [1.807, 2.05) is 0 Å². The van der Waals surface area contributed by atoms with Gasteiger partial charge in [-0.05, 0) is 18.9 Å². The van der Waals surface area contributed by atoms with Gasteiger partial charge >= 0.3 is 5.97 Å². The van der Waals surface area contributed by atoms with Crippen molar-refractivity contribution >= 4 is 11.9 Å². The number of nitrogens with zero attached hydrogens (tertiary/aromatic N) is 2. The van der Waals surface area contributed by atoms with Crippen LogP contribution in [0, 0.1) is 0 Å². The summed E-state index contributed by atoms with van der Waals surface area (Å²) in [7, 11) is 0. The van der Waals surface area contributed by atoms with Crippen molar-refractivity contribution < 1.29 is 14.7 Å². The van der Waals surface area contributed by atoms with E-state index in [0.717, 1.165) is 25.7 Å². The van der Waals surface area contributed by atoms with Crippen LogP contribution in [0.2, 0.25) is 0 Å². The molecule has 0 spiro atoms. The van der Waals surface area contributed by atoms with Crippen LogP contribution in [0.3, 0.4) is 0 Å². The molecule has 0 aliphatic heterocycles. The lowest BCUT2D eigenvalue weighted by atomic mass is 10.1. The molecule has 2 rings (SSSR count). The van der Waals surface area contributed by atoms with Gasteiger partial charge in [0.1, 0.15) is 6.54 Å². The molecule has 1 aliphatic rings. The number of rotatable bonds is 4. The number of carboxylic acid groups (broad SMARTS) is 1. The Morgan fingerprint density at radius 1 is 1.32 bits per heavy atom. The summed E-state index contributed by atoms with van der Waals surface area (Å²) in [5.74, 6) is -1.19. The number of carbonyl (C=O) groups is 2. The molecule has 1 amide bonds. The van der Waals surface area contributed by atoms with Gasteiger partial charge in [-0.15, -0.1) is 0 Å². The first-order chi connectivity index (χ1) is 9.15. The van der Waals surface area contributed by atoms with E-state index in [0.29, 0.717) is 0 Å². The Balaban J connectivity index is 1.84. The number of amides is 1. The number of aromatic nitrogens is 2. The van der Waals surface area contributed by atoms with Crippen molar-refractivity contribution in [2.45, 2.75) is 51.1 Å². The Hall–Kier alpha value is -1.85. The van der Waals surface area contributed by atoms with Crippen molar-refractivity contribution in [2.75, 3.05) is 0 Å². The number of aromatic carboxylic acids is 1. The van der Waals surface area contributed by atoms with Crippen molar-refractivity contribution in [1.82, 2.24) is 15.1 Å². The molecular formula is C13H19N3O3. The number of hydrogen-bond acceptors (Lipinski definition) is 3. The minimum atomic E-state index is -1.08. The van der Waals surface area contributed by atoms with Crippen LogP contribution in [0.1, 0.15) is 49.0 Å². The van der Waals surface area contributed by atoms with E-state index in [9.17, 15) is 9.59 Å². The third-order valence-electron chi connectivity index (χ3n) is 3.39. The summed E-state index contributed by atoms with van der Waals surface area (Å²) >= 11 is 0. The lowest BCUT2D eigenvalue weighted by Gasteiger charge is -2.16. The van der Waals surface area contributed by atoms with E-state index in [1.54, 1.807) is 0 Å². The Morgan fingerprint density at radius 2 is 2.00 bits per heavy atom. The molecule has 19 heavy (non-hydrogen) atoms. The van der Waals surface area contributed by atoms with Crippen LogP contribution in [0.25, 0.3) is 0 Å². The standard InChI is InChI=1S/C13H19N3O3/c17-12(14-10-5-3-1-2-4-6-10)9-16-8-7-11(15-16)13(18)19/h7-8,10H,1-6,9H2,(H,14,17)(H,18,19). The van der Waals surface area contributed by atoms with Gasteiger partial charge in [0.05, 0.1) is 0 Å². The Labute approximate surface area is 111 Å². The summed E-state index contributed by atoms with van der Waals surface area (Å²) in [6.45, 7) is 0.0732. The molecule has 1 saturated carbocycles. The first-order valence-corrected chi connectivity index (χ1v) is 6.71. The van der Waals surface area contributed by atoms with E-state index in [2.05, 4.69) is 10.4 Å². The van der Waals surface area contributed by atoms with Gasteiger partial charge in [0.25, 0.3) is 0 Å². The molecular weight excluding hydrogens is 246 g/mol. The van der Waals surface area contributed by atoms with Crippen LogP contribution in [0.5, 0.6) is 0 Å². The molecule has 1 aromatic heterocycles. The zero-order chi connectivity index (χ0) is 13.7. The van der Waals surface area contributed by atoms with Gasteiger partial charge in [0, 0.05) is 12.2 Å². The van der Waals surface area contributed by atoms with E-state index in [1.165, 1.54) is 29.8 Å².